The highest BCUT2D eigenvalue weighted by Gasteiger charge is 2.27. The van der Waals surface area contributed by atoms with Crippen molar-refractivity contribution in [3.63, 3.8) is 0 Å². The second-order valence-corrected chi connectivity index (χ2v) is 6.40. The Morgan fingerprint density at radius 3 is 2.71 bits per heavy atom. The summed E-state index contributed by atoms with van der Waals surface area (Å²) in [5, 5.41) is 22.1. The number of aromatic nitrogens is 4. The molecule has 1 amide bonds. The van der Waals surface area contributed by atoms with Crippen molar-refractivity contribution in [2.45, 2.75) is 33.4 Å². The third-order valence-corrected chi connectivity index (χ3v) is 4.41. The molecular formula is C18H19FN6O3. The Morgan fingerprint density at radius 1 is 1.36 bits per heavy atom. The van der Waals surface area contributed by atoms with Crippen molar-refractivity contribution in [3.05, 3.63) is 69.5 Å². The molecule has 0 aliphatic carbocycles. The first kappa shape index (κ1) is 19.2. The number of rotatable bonds is 6. The van der Waals surface area contributed by atoms with Gasteiger partial charge in [0.25, 0.3) is 0 Å². The second kappa shape index (κ2) is 7.59. The van der Waals surface area contributed by atoms with Crippen LogP contribution in [-0.2, 0) is 11.3 Å². The van der Waals surface area contributed by atoms with Gasteiger partial charge in [-0.25, -0.2) is 4.39 Å². The normalized spacial score (nSPS) is 12.0. The van der Waals surface area contributed by atoms with Crippen LogP contribution in [0, 0.1) is 29.8 Å². The minimum atomic E-state index is -0.762. The third-order valence-electron chi connectivity index (χ3n) is 4.41. The maximum atomic E-state index is 13.7. The molecule has 0 bridgehead atoms. The Bertz CT molecular complexity index is 1040. The molecule has 0 aliphatic heterocycles. The Balaban J connectivity index is 1.72. The molecule has 0 saturated carbocycles. The summed E-state index contributed by atoms with van der Waals surface area (Å²) in [5.74, 6) is -0.728. The molecule has 146 valence electrons. The van der Waals surface area contributed by atoms with Crippen LogP contribution in [-0.4, -0.2) is 30.4 Å². The van der Waals surface area contributed by atoms with Crippen LogP contribution < -0.4 is 5.32 Å². The molecule has 1 atom stereocenters. The van der Waals surface area contributed by atoms with Crippen molar-refractivity contribution in [1.29, 1.82) is 0 Å². The van der Waals surface area contributed by atoms with Gasteiger partial charge in [0, 0.05) is 11.8 Å². The van der Waals surface area contributed by atoms with E-state index in [0.29, 0.717) is 16.9 Å². The number of nitrogens with zero attached hydrogens (tertiary/aromatic N) is 5. The van der Waals surface area contributed by atoms with Crippen molar-refractivity contribution in [3.8, 4) is 0 Å². The first-order valence-electron chi connectivity index (χ1n) is 8.54. The van der Waals surface area contributed by atoms with Crippen LogP contribution in [0.5, 0.6) is 0 Å². The van der Waals surface area contributed by atoms with Gasteiger partial charge in [0.05, 0.1) is 23.4 Å². The largest absolute Gasteiger partial charge is 0.322 e. The molecule has 3 aromatic rings. The van der Waals surface area contributed by atoms with Crippen LogP contribution in [0.2, 0.25) is 0 Å². The summed E-state index contributed by atoms with van der Waals surface area (Å²) in [6, 6.07) is 5.62. The Labute approximate surface area is 159 Å². The molecule has 2 heterocycles. The van der Waals surface area contributed by atoms with E-state index in [1.165, 1.54) is 28.6 Å². The lowest BCUT2D eigenvalue weighted by Gasteiger charge is -2.13. The number of halogens is 1. The Kier molecular flexibility index (Phi) is 5.21. The van der Waals surface area contributed by atoms with Crippen molar-refractivity contribution >= 4 is 17.3 Å². The molecule has 3 rings (SSSR count). The summed E-state index contributed by atoms with van der Waals surface area (Å²) in [5.41, 5.74) is 1.37. The molecule has 1 unspecified atom stereocenters. The van der Waals surface area contributed by atoms with Gasteiger partial charge < -0.3 is 5.32 Å². The standard InChI is InChI=1S/C18H19FN6O3/c1-11-17(25(27)28)12(2)24(22-11)13(3)18(26)21-15-8-20-23(10-15)9-14-6-4-5-7-16(14)19/h4-8,10,13H,9H2,1-3H3,(H,21,26). The van der Waals surface area contributed by atoms with Crippen LogP contribution in [0.4, 0.5) is 15.8 Å². The van der Waals surface area contributed by atoms with Crippen LogP contribution in [0.1, 0.15) is 29.9 Å². The number of carbonyl (C=O) groups is 1. The van der Waals surface area contributed by atoms with E-state index < -0.39 is 16.9 Å². The van der Waals surface area contributed by atoms with Crippen LogP contribution >= 0.6 is 0 Å². The van der Waals surface area contributed by atoms with Crippen molar-refractivity contribution in [2.75, 3.05) is 5.32 Å². The van der Waals surface area contributed by atoms with Gasteiger partial charge in [-0.2, -0.15) is 10.2 Å². The van der Waals surface area contributed by atoms with E-state index in [4.69, 9.17) is 0 Å². The summed E-state index contributed by atoms with van der Waals surface area (Å²) < 4.78 is 16.6. The van der Waals surface area contributed by atoms with E-state index in [0.717, 1.165) is 0 Å². The zero-order valence-corrected chi connectivity index (χ0v) is 15.6. The van der Waals surface area contributed by atoms with E-state index in [2.05, 4.69) is 15.5 Å². The monoisotopic (exact) mass is 386 g/mol. The fourth-order valence-corrected chi connectivity index (χ4v) is 2.97. The van der Waals surface area contributed by atoms with Crippen LogP contribution in [0.3, 0.4) is 0 Å². The number of hydrogen-bond donors (Lipinski definition) is 1. The molecule has 28 heavy (non-hydrogen) atoms. The number of carbonyl (C=O) groups excluding carboxylic acids is 1. The first-order chi connectivity index (χ1) is 13.3. The van der Waals surface area contributed by atoms with Crippen LogP contribution in [0.15, 0.2) is 36.7 Å². The minimum Gasteiger partial charge on any atom is -0.322 e. The van der Waals surface area contributed by atoms with Gasteiger partial charge in [-0.15, -0.1) is 0 Å². The van der Waals surface area contributed by atoms with Gasteiger partial charge in [0.2, 0.25) is 5.91 Å². The van der Waals surface area contributed by atoms with E-state index in [9.17, 15) is 19.3 Å². The average molecular weight is 386 g/mol. The maximum Gasteiger partial charge on any atom is 0.312 e. The van der Waals surface area contributed by atoms with E-state index in [1.54, 1.807) is 38.2 Å². The highest BCUT2D eigenvalue weighted by atomic mass is 19.1. The summed E-state index contributed by atoms with van der Waals surface area (Å²) in [6.45, 7) is 4.90. The van der Waals surface area contributed by atoms with Crippen molar-refractivity contribution in [2.24, 2.45) is 0 Å². The van der Waals surface area contributed by atoms with E-state index >= 15 is 0 Å². The summed E-state index contributed by atoms with van der Waals surface area (Å²) in [4.78, 5) is 23.2. The van der Waals surface area contributed by atoms with E-state index in [1.807, 2.05) is 0 Å². The molecule has 0 spiro atoms. The lowest BCUT2D eigenvalue weighted by Crippen LogP contribution is -2.25. The summed E-state index contributed by atoms with van der Waals surface area (Å²) in [6.07, 6.45) is 3.04. The Hall–Kier alpha value is -3.56. The quantitative estimate of drug-likeness (QED) is 0.517. The third kappa shape index (κ3) is 3.75. The van der Waals surface area contributed by atoms with E-state index in [-0.39, 0.29) is 23.7 Å². The van der Waals surface area contributed by atoms with Crippen molar-refractivity contribution < 1.29 is 14.1 Å². The highest BCUT2D eigenvalue weighted by Crippen LogP contribution is 2.25. The molecule has 9 nitrogen and oxygen atoms in total. The van der Waals surface area contributed by atoms with Crippen molar-refractivity contribution in [1.82, 2.24) is 19.6 Å². The van der Waals surface area contributed by atoms with Gasteiger partial charge in [0.15, 0.2) is 0 Å². The fraction of sp³-hybridized carbons (Fsp3) is 0.278. The number of hydrogen-bond acceptors (Lipinski definition) is 5. The van der Waals surface area contributed by atoms with Gasteiger partial charge in [-0.3, -0.25) is 24.3 Å². The number of amides is 1. The summed E-state index contributed by atoms with van der Waals surface area (Å²) in [7, 11) is 0. The SMILES string of the molecule is Cc1nn(C(C)C(=O)Nc2cnn(Cc3ccccc3F)c2)c(C)c1[N+](=O)[O-]. The number of anilines is 1. The molecular weight excluding hydrogens is 367 g/mol. The number of nitrogens with one attached hydrogen (secondary N) is 1. The number of aryl methyl sites for hydroxylation is 1. The number of nitro groups is 1. The lowest BCUT2D eigenvalue weighted by molar-refractivity contribution is -0.386. The van der Waals surface area contributed by atoms with Gasteiger partial charge in [-0.1, -0.05) is 18.2 Å². The zero-order chi connectivity index (χ0) is 20.4. The fourth-order valence-electron chi connectivity index (χ4n) is 2.97. The topological polar surface area (TPSA) is 108 Å². The first-order valence-corrected chi connectivity index (χ1v) is 8.54. The molecule has 0 fully saturated rings. The van der Waals surface area contributed by atoms with Gasteiger partial charge in [0.1, 0.15) is 23.2 Å². The second-order valence-electron chi connectivity index (χ2n) is 6.40. The zero-order valence-electron chi connectivity index (χ0n) is 15.6. The number of benzene rings is 1. The van der Waals surface area contributed by atoms with Gasteiger partial charge in [-0.05, 0) is 26.8 Å². The van der Waals surface area contributed by atoms with Crippen LogP contribution in [0.25, 0.3) is 0 Å². The van der Waals surface area contributed by atoms with Gasteiger partial charge >= 0.3 is 5.69 Å². The molecule has 2 aromatic heterocycles. The maximum absolute atomic E-state index is 13.7. The summed E-state index contributed by atoms with van der Waals surface area (Å²) >= 11 is 0. The predicted molar refractivity (Wildman–Crippen MR) is 99.4 cm³/mol. The molecule has 0 saturated heterocycles. The smallest absolute Gasteiger partial charge is 0.312 e. The molecule has 1 N–H and O–H groups in total. The molecule has 0 radical (unpaired) electrons. The predicted octanol–water partition coefficient (Wildman–Crippen LogP) is 2.99. The molecule has 1 aromatic carbocycles. The lowest BCUT2D eigenvalue weighted by atomic mass is 10.2. The average Bonchev–Trinajstić information content (AvgIpc) is 3.19. The molecule has 0 aliphatic rings. The molecule has 10 heteroatoms. The Morgan fingerprint density at radius 2 is 2.07 bits per heavy atom. The minimum absolute atomic E-state index is 0.0997. The highest BCUT2D eigenvalue weighted by molar-refractivity contribution is 5.93.